The number of nitrogens with one attached hydrogen (secondary N) is 1. The zero-order chi connectivity index (χ0) is 12.4. The molecule has 0 unspecified atom stereocenters. The fourth-order valence-corrected chi connectivity index (χ4v) is 1.60. The number of allylic oxidation sites excluding steroid dienone is 1. The summed E-state index contributed by atoms with van der Waals surface area (Å²) in [5, 5.41) is 13.9. The number of nitrogens with zero attached hydrogens (tertiary/aromatic N) is 1. The summed E-state index contributed by atoms with van der Waals surface area (Å²) in [6, 6.07) is 6.86. The van der Waals surface area contributed by atoms with Crippen LogP contribution < -0.4 is 5.32 Å². The number of amides is 1. The van der Waals surface area contributed by atoms with Crippen molar-refractivity contribution in [2.45, 2.75) is 0 Å². The van der Waals surface area contributed by atoms with Gasteiger partial charge >= 0.3 is 0 Å². The molecule has 0 aliphatic carbocycles. The van der Waals surface area contributed by atoms with Crippen LogP contribution in [-0.4, -0.2) is 22.6 Å². The molecule has 1 aromatic rings. The van der Waals surface area contributed by atoms with Crippen molar-refractivity contribution in [1.82, 2.24) is 5.32 Å². The third kappa shape index (κ3) is 2.05. The minimum absolute atomic E-state index is 0.0379. The summed E-state index contributed by atoms with van der Waals surface area (Å²) >= 11 is 5.91. The number of hydrogen-bond acceptors (Lipinski definition) is 4. The number of halogens is 1. The number of oxime groups is 1. The second-order valence-corrected chi connectivity index (χ2v) is 3.72. The highest BCUT2D eigenvalue weighted by Crippen LogP contribution is 2.19. The fraction of sp³-hybridized carbons (Fsp3) is 0. The molecule has 1 aliphatic heterocycles. The molecule has 0 radical (unpaired) electrons. The number of ketones is 1. The van der Waals surface area contributed by atoms with Crippen LogP contribution in [0.3, 0.4) is 0 Å². The Bertz CT molecular complexity index is 564. The van der Waals surface area contributed by atoms with Gasteiger partial charge in [-0.3, -0.25) is 9.59 Å². The second-order valence-electron chi connectivity index (χ2n) is 3.31. The predicted octanol–water partition coefficient (Wildman–Crippen LogP) is 1.21. The maximum absolute atomic E-state index is 11.6. The first-order chi connectivity index (χ1) is 8.13. The maximum atomic E-state index is 11.6. The molecule has 1 aromatic carbocycles. The summed E-state index contributed by atoms with van der Waals surface area (Å²) in [4.78, 5) is 22.8. The van der Waals surface area contributed by atoms with Crippen LogP contribution in [0.4, 0.5) is 0 Å². The molecule has 0 saturated carbocycles. The van der Waals surface area contributed by atoms with Gasteiger partial charge in [-0.15, -0.1) is 0 Å². The van der Waals surface area contributed by atoms with Gasteiger partial charge in [0.15, 0.2) is 0 Å². The molecule has 17 heavy (non-hydrogen) atoms. The summed E-state index contributed by atoms with van der Waals surface area (Å²) in [5.41, 5.74) is 0.108. The molecule has 0 bridgehead atoms. The molecule has 86 valence electrons. The van der Waals surface area contributed by atoms with Crippen molar-refractivity contribution >= 4 is 35.1 Å². The van der Waals surface area contributed by atoms with E-state index < -0.39 is 17.4 Å². The minimum atomic E-state index is -0.726. The standard InChI is InChI=1S/C11H7ClN2O3/c12-7-4-2-1-3-6(7)5-8-10(15)9(14-17)11(16)13-8/h1-5,17H,(H,13,16)/b8-5+,14-9-. The van der Waals surface area contributed by atoms with Crippen LogP contribution in [0.5, 0.6) is 0 Å². The average molecular weight is 251 g/mol. The van der Waals surface area contributed by atoms with E-state index in [0.29, 0.717) is 10.6 Å². The largest absolute Gasteiger partial charge is 0.410 e. The molecular weight excluding hydrogens is 244 g/mol. The van der Waals surface area contributed by atoms with E-state index in [-0.39, 0.29) is 5.70 Å². The van der Waals surface area contributed by atoms with Crippen molar-refractivity contribution in [2.75, 3.05) is 0 Å². The van der Waals surface area contributed by atoms with Crippen LogP contribution in [-0.2, 0) is 9.59 Å². The molecular formula is C11H7ClN2O3. The molecule has 0 spiro atoms. The zero-order valence-corrected chi connectivity index (χ0v) is 9.23. The van der Waals surface area contributed by atoms with E-state index in [1.807, 2.05) is 0 Å². The number of rotatable bonds is 1. The van der Waals surface area contributed by atoms with E-state index in [1.54, 1.807) is 24.3 Å². The average Bonchev–Trinajstić information content (AvgIpc) is 2.57. The van der Waals surface area contributed by atoms with Crippen LogP contribution in [0.25, 0.3) is 6.08 Å². The van der Waals surface area contributed by atoms with E-state index in [0.717, 1.165) is 0 Å². The van der Waals surface area contributed by atoms with Crippen molar-refractivity contribution in [3.8, 4) is 0 Å². The Morgan fingerprint density at radius 3 is 2.59 bits per heavy atom. The first-order valence-electron chi connectivity index (χ1n) is 4.68. The van der Waals surface area contributed by atoms with Gasteiger partial charge in [0.25, 0.3) is 5.91 Å². The summed E-state index contributed by atoms with van der Waals surface area (Å²) in [7, 11) is 0. The predicted molar refractivity (Wildman–Crippen MR) is 61.8 cm³/mol. The highest BCUT2D eigenvalue weighted by Gasteiger charge is 2.33. The third-order valence-corrected chi connectivity index (χ3v) is 2.57. The molecule has 0 atom stereocenters. The molecule has 1 aliphatic rings. The van der Waals surface area contributed by atoms with Crippen molar-refractivity contribution < 1.29 is 14.8 Å². The summed E-state index contributed by atoms with van der Waals surface area (Å²) in [6.07, 6.45) is 1.43. The third-order valence-electron chi connectivity index (χ3n) is 2.23. The Morgan fingerprint density at radius 2 is 2.00 bits per heavy atom. The Balaban J connectivity index is 2.41. The van der Waals surface area contributed by atoms with Crippen LogP contribution in [0, 0.1) is 0 Å². The summed E-state index contributed by atoms with van der Waals surface area (Å²) in [6.45, 7) is 0. The molecule has 5 nitrogen and oxygen atoms in total. The lowest BCUT2D eigenvalue weighted by molar-refractivity contribution is -0.113. The summed E-state index contributed by atoms with van der Waals surface area (Å²) < 4.78 is 0. The van der Waals surface area contributed by atoms with Gasteiger partial charge < -0.3 is 10.5 Å². The fourth-order valence-electron chi connectivity index (χ4n) is 1.41. The highest BCUT2D eigenvalue weighted by molar-refractivity contribution is 6.72. The summed E-state index contributed by atoms with van der Waals surface area (Å²) in [5.74, 6) is -1.38. The number of hydrogen-bond donors (Lipinski definition) is 2. The first kappa shape index (κ1) is 11.3. The van der Waals surface area contributed by atoms with Crippen LogP contribution >= 0.6 is 11.6 Å². The van der Waals surface area contributed by atoms with E-state index in [4.69, 9.17) is 16.8 Å². The Morgan fingerprint density at radius 1 is 1.29 bits per heavy atom. The number of carbonyl (C=O) groups excluding carboxylic acids is 2. The monoisotopic (exact) mass is 250 g/mol. The number of benzene rings is 1. The van der Waals surface area contributed by atoms with Gasteiger partial charge in [-0.1, -0.05) is 35.0 Å². The molecule has 1 heterocycles. The lowest BCUT2D eigenvalue weighted by Gasteiger charge is -1.98. The van der Waals surface area contributed by atoms with Crippen LogP contribution in [0.1, 0.15) is 5.56 Å². The molecule has 0 aromatic heterocycles. The smallest absolute Gasteiger partial charge is 0.281 e. The van der Waals surface area contributed by atoms with Crippen LogP contribution in [0.2, 0.25) is 5.02 Å². The van der Waals surface area contributed by atoms with Gasteiger partial charge in [0.1, 0.15) is 0 Å². The molecule has 6 heteroatoms. The topological polar surface area (TPSA) is 78.8 Å². The van der Waals surface area contributed by atoms with Gasteiger partial charge in [0.05, 0.1) is 5.70 Å². The van der Waals surface area contributed by atoms with Crippen molar-refractivity contribution in [3.63, 3.8) is 0 Å². The second kappa shape index (κ2) is 4.39. The van der Waals surface area contributed by atoms with Crippen molar-refractivity contribution in [3.05, 3.63) is 40.5 Å². The SMILES string of the molecule is O=C1N/C(=C/c2ccccc2Cl)C(=O)/C1=N/O. The highest BCUT2D eigenvalue weighted by atomic mass is 35.5. The Hall–Kier alpha value is -2.14. The molecule has 2 rings (SSSR count). The van der Waals surface area contributed by atoms with E-state index >= 15 is 0 Å². The quantitative estimate of drug-likeness (QED) is 0.447. The van der Waals surface area contributed by atoms with Crippen molar-refractivity contribution in [1.29, 1.82) is 0 Å². The lowest BCUT2D eigenvalue weighted by Crippen LogP contribution is -2.19. The van der Waals surface area contributed by atoms with Gasteiger partial charge in [0.2, 0.25) is 11.5 Å². The zero-order valence-electron chi connectivity index (χ0n) is 8.48. The molecule has 2 N–H and O–H groups in total. The molecule has 1 amide bonds. The van der Waals surface area contributed by atoms with Gasteiger partial charge in [-0.2, -0.15) is 0 Å². The van der Waals surface area contributed by atoms with Gasteiger partial charge in [-0.05, 0) is 17.7 Å². The minimum Gasteiger partial charge on any atom is -0.410 e. The normalized spacial score (nSPS) is 20.1. The Labute approximate surface area is 101 Å². The van der Waals surface area contributed by atoms with E-state index in [1.165, 1.54) is 6.08 Å². The molecule has 1 saturated heterocycles. The van der Waals surface area contributed by atoms with Crippen molar-refractivity contribution in [2.24, 2.45) is 5.16 Å². The van der Waals surface area contributed by atoms with E-state index in [2.05, 4.69) is 10.5 Å². The van der Waals surface area contributed by atoms with Gasteiger partial charge in [0, 0.05) is 5.02 Å². The Kier molecular flexibility index (Phi) is 2.93. The number of carbonyl (C=O) groups is 2. The van der Waals surface area contributed by atoms with E-state index in [9.17, 15) is 9.59 Å². The van der Waals surface area contributed by atoms with Gasteiger partial charge in [-0.25, -0.2) is 0 Å². The number of Topliss-reactive ketones (excluding diaryl/α,β-unsaturated/α-hetero) is 1. The first-order valence-corrected chi connectivity index (χ1v) is 5.05. The molecule has 1 fully saturated rings. The maximum Gasteiger partial charge on any atom is 0.281 e. The van der Waals surface area contributed by atoms with Crippen LogP contribution in [0.15, 0.2) is 35.1 Å². The lowest BCUT2D eigenvalue weighted by atomic mass is 10.1.